The zero-order valence-corrected chi connectivity index (χ0v) is 15.2. The molecule has 1 aromatic heterocycles. The molecule has 3 amide bonds. The van der Waals surface area contributed by atoms with Crippen molar-refractivity contribution >= 4 is 33.6 Å². The van der Waals surface area contributed by atoms with E-state index in [4.69, 9.17) is 4.74 Å². The minimum absolute atomic E-state index is 0.297. The third kappa shape index (κ3) is 7.94. The normalized spacial score (nSPS) is 10.8. The maximum atomic E-state index is 12.0. The molecular formula is C16H14BrF3N4O3. The second kappa shape index (κ2) is 9.21. The number of aromatic nitrogens is 1. The van der Waals surface area contributed by atoms with Crippen molar-refractivity contribution in [1.82, 2.24) is 15.6 Å². The Morgan fingerprint density at radius 1 is 1.15 bits per heavy atom. The van der Waals surface area contributed by atoms with Crippen LogP contribution in [-0.4, -0.2) is 36.2 Å². The molecule has 0 radical (unpaired) electrons. The van der Waals surface area contributed by atoms with Crippen LogP contribution in [-0.2, 0) is 4.79 Å². The van der Waals surface area contributed by atoms with Crippen LogP contribution in [0.25, 0.3) is 0 Å². The quantitative estimate of drug-likeness (QED) is 0.633. The number of halogens is 4. The van der Waals surface area contributed by atoms with Gasteiger partial charge in [-0.3, -0.25) is 4.79 Å². The van der Waals surface area contributed by atoms with Crippen molar-refractivity contribution in [2.45, 2.75) is 6.18 Å². The number of pyridine rings is 1. The monoisotopic (exact) mass is 446 g/mol. The maximum absolute atomic E-state index is 12.0. The lowest BCUT2D eigenvalue weighted by Gasteiger charge is -2.10. The number of amides is 3. The second-order valence-corrected chi connectivity index (χ2v) is 6.06. The number of alkyl halides is 3. The van der Waals surface area contributed by atoms with Gasteiger partial charge >= 0.3 is 12.2 Å². The van der Waals surface area contributed by atoms with Crippen LogP contribution < -0.4 is 20.7 Å². The number of carbonyl (C=O) groups excluding carboxylic acids is 2. The molecule has 0 aliphatic heterocycles. The number of carbonyl (C=O) groups is 2. The summed E-state index contributed by atoms with van der Waals surface area (Å²) in [5, 5.41) is 6.16. The molecule has 0 saturated carbocycles. The number of rotatable bonds is 6. The highest BCUT2D eigenvalue weighted by molar-refractivity contribution is 9.10. The number of nitrogens with one attached hydrogen (secondary N) is 3. The third-order valence-electron chi connectivity index (χ3n) is 2.91. The van der Waals surface area contributed by atoms with E-state index in [0.29, 0.717) is 17.3 Å². The van der Waals surface area contributed by atoms with E-state index < -0.39 is 31.2 Å². The van der Waals surface area contributed by atoms with Crippen LogP contribution in [0.4, 0.5) is 23.7 Å². The van der Waals surface area contributed by atoms with Crippen molar-refractivity contribution in [3.63, 3.8) is 0 Å². The van der Waals surface area contributed by atoms with Crippen LogP contribution in [0.3, 0.4) is 0 Å². The Morgan fingerprint density at radius 3 is 2.56 bits per heavy atom. The highest BCUT2D eigenvalue weighted by atomic mass is 79.9. The molecule has 144 valence electrons. The average molecular weight is 447 g/mol. The topological polar surface area (TPSA) is 92.4 Å². The Morgan fingerprint density at radius 2 is 1.93 bits per heavy atom. The molecule has 7 nitrogen and oxygen atoms in total. The second-order valence-electron chi connectivity index (χ2n) is 5.14. The van der Waals surface area contributed by atoms with Gasteiger partial charge < -0.3 is 20.7 Å². The lowest BCUT2D eigenvalue weighted by atomic mass is 10.3. The number of hydrogen-bond acceptors (Lipinski definition) is 4. The van der Waals surface area contributed by atoms with E-state index in [0.717, 1.165) is 4.47 Å². The van der Waals surface area contributed by atoms with Crippen LogP contribution in [0, 0.1) is 0 Å². The van der Waals surface area contributed by atoms with Crippen molar-refractivity contribution in [3.8, 4) is 11.6 Å². The summed E-state index contributed by atoms with van der Waals surface area (Å²) in [5.41, 5.74) is 0.310. The minimum atomic E-state index is -4.51. The Kier molecular flexibility index (Phi) is 6.99. The molecule has 0 saturated heterocycles. The van der Waals surface area contributed by atoms with Gasteiger partial charge in [0.2, 0.25) is 11.8 Å². The first-order valence-electron chi connectivity index (χ1n) is 7.49. The molecule has 0 unspecified atom stereocenters. The predicted molar refractivity (Wildman–Crippen MR) is 94.5 cm³/mol. The van der Waals surface area contributed by atoms with Gasteiger partial charge in [-0.15, -0.1) is 0 Å². The molecule has 2 aromatic rings. The number of benzene rings is 1. The lowest BCUT2D eigenvalue weighted by Crippen LogP contribution is -2.42. The van der Waals surface area contributed by atoms with Crippen molar-refractivity contribution in [2.75, 3.05) is 18.4 Å². The first-order valence-corrected chi connectivity index (χ1v) is 8.28. The van der Waals surface area contributed by atoms with Gasteiger partial charge in [0.15, 0.2) is 0 Å². The van der Waals surface area contributed by atoms with Crippen molar-refractivity contribution < 1.29 is 27.5 Å². The first-order chi connectivity index (χ1) is 12.7. The summed E-state index contributed by atoms with van der Waals surface area (Å²) in [5.74, 6) is -0.0934. The Hall–Kier alpha value is -2.82. The summed E-state index contributed by atoms with van der Waals surface area (Å²) in [7, 11) is 0. The smallest absolute Gasteiger partial charge is 0.405 e. The van der Waals surface area contributed by atoms with Gasteiger partial charge in [0.1, 0.15) is 12.3 Å². The summed E-state index contributed by atoms with van der Waals surface area (Å²) in [6.45, 7) is -2.06. The molecule has 0 atom stereocenters. The lowest BCUT2D eigenvalue weighted by molar-refractivity contribution is -0.137. The van der Waals surface area contributed by atoms with Crippen LogP contribution in [0.15, 0.2) is 47.1 Å². The molecule has 2 rings (SSSR count). The number of ether oxygens (including phenoxy) is 1. The van der Waals surface area contributed by atoms with Gasteiger partial charge in [-0.1, -0.05) is 22.0 Å². The van der Waals surface area contributed by atoms with E-state index in [9.17, 15) is 22.8 Å². The third-order valence-corrected chi connectivity index (χ3v) is 3.40. The van der Waals surface area contributed by atoms with E-state index in [-0.39, 0.29) is 0 Å². The van der Waals surface area contributed by atoms with Gasteiger partial charge in [-0.2, -0.15) is 13.2 Å². The number of hydrogen-bond donors (Lipinski definition) is 3. The molecule has 0 spiro atoms. The Bertz CT molecular complexity index is 800. The van der Waals surface area contributed by atoms with Gasteiger partial charge in [0.25, 0.3) is 0 Å². The SMILES string of the molecule is O=C(CNC(=O)Nc1ccc(Oc2cccc(Br)c2)nc1)NCC(F)(F)F. The van der Waals surface area contributed by atoms with Crippen LogP contribution in [0.5, 0.6) is 11.6 Å². The summed E-state index contributed by atoms with van der Waals surface area (Å²) in [6.07, 6.45) is -3.18. The number of nitrogens with zero attached hydrogens (tertiary/aromatic N) is 1. The largest absolute Gasteiger partial charge is 0.439 e. The van der Waals surface area contributed by atoms with Gasteiger partial charge in [-0.05, 0) is 24.3 Å². The zero-order valence-electron chi connectivity index (χ0n) is 13.6. The van der Waals surface area contributed by atoms with Gasteiger partial charge in [-0.25, -0.2) is 9.78 Å². The van der Waals surface area contributed by atoms with Crippen LogP contribution in [0.1, 0.15) is 0 Å². The summed E-state index contributed by atoms with van der Waals surface area (Å²) in [4.78, 5) is 26.9. The van der Waals surface area contributed by atoms with Gasteiger partial charge in [0.05, 0.1) is 18.4 Å². The average Bonchev–Trinajstić information content (AvgIpc) is 2.59. The summed E-state index contributed by atoms with van der Waals surface area (Å²) < 4.78 is 42.3. The Labute approximate surface area is 160 Å². The number of urea groups is 1. The molecule has 3 N–H and O–H groups in total. The molecule has 0 aliphatic rings. The van der Waals surface area contributed by atoms with Crippen molar-refractivity contribution in [2.24, 2.45) is 0 Å². The molecule has 11 heteroatoms. The zero-order chi connectivity index (χ0) is 19.9. The van der Waals surface area contributed by atoms with Crippen LogP contribution >= 0.6 is 15.9 Å². The van der Waals surface area contributed by atoms with Crippen molar-refractivity contribution in [3.05, 3.63) is 47.1 Å². The Balaban J connectivity index is 1.78. The molecule has 1 aromatic carbocycles. The molecule has 0 fully saturated rings. The first kappa shape index (κ1) is 20.5. The van der Waals surface area contributed by atoms with E-state index >= 15 is 0 Å². The standard InChI is InChI=1S/C16H14BrF3N4O3/c17-10-2-1-3-12(6-10)27-14-5-4-11(7-21-14)24-15(26)22-8-13(25)23-9-16(18,19)20/h1-7H,8-9H2,(H,23,25)(H2,22,24,26). The highest BCUT2D eigenvalue weighted by Gasteiger charge is 2.27. The van der Waals surface area contributed by atoms with E-state index in [1.165, 1.54) is 18.3 Å². The fourth-order valence-electron chi connectivity index (χ4n) is 1.76. The van der Waals surface area contributed by atoms with Gasteiger partial charge in [0, 0.05) is 10.5 Å². The summed E-state index contributed by atoms with van der Waals surface area (Å²) >= 11 is 3.32. The van der Waals surface area contributed by atoms with Crippen LogP contribution in [0.2, 0.25) is 0 Å². The van der Waals surface area contributed by atoms with E-state index in [1.807, 2.05) is 6.07 Å². The van der Waals surface area contributed by atoms with E-state index in [1.54, 1.807) is 23.5 Å². The maximum Gasteiger partial charge on any atom is 0.405 e. The highest BCUT2D eigenvalue weighted by Crippen LogP contribution is 2.23. The number of anilines is 1. The molecule has 0 aliphatic carbocycles. The van der Waals surface area contributed by atoms with Crippen molar-refractivity contribution in [1.29, 1.82) is 0 Å². The fourth-order valence-corrected chi connectivity index (χ4v) is 2.14. The predicted octanol–water partition coefficient (Wildman–Crippen LogP) is 3.44. The molecule has 1 heterocycles. The fraction of sp³-hybridized carbons (Fsp3) is 0.188. The molecule has 27 heavy (non-hydrogen) atoms. The minimum Gasteiger partial charge on any atom is -0.439 e. The summed E-state index contributed by atoms with van der Waals surface area (Å²) in [6, 6.07) is 9.41. The molecule has 0 bridgehead atoms. The van der Waals surface area contributed by atoms with E-state index in [2.05, 4.69) is 31.5 Å². The molecular weight excluding hydrogens is 433 g/mol.